The number of nitrogens with zero attached hydrogens (tertiary/aromatic N) is 2. The van der Waals surface area contributed by atoms with Gasteiger partial charge in [0.2, 0.25) is 5.91 Å². The smallest absolute Gasteiger partial charge is 0.318 e. The van der Waals surface area contributed by atoms with Gasteiger partial charge in [0.15, 0.2) is 0 Å². The van der Waals surface area contributed by atoms with Crippen LogP contribution in [0.3, 0.4) is 0 Å². The minimum absolute atomic E-state index is 0.127. The van der Waals surface area contributed by atoms with Gasteiger partial charge in [-0.3, -0.25) is 4.79 Å². The van der Waals surface area contributed by atoms with Crippen LogP contribution in [0.4, 0.5) is 10.5 Å². The third kappa shape index (κ3) is 10.1. The second-order valence-electron chi connectivity index (χ2n) is 11.5. The molecule has 7 heteroatoms. The SMILES string of the molecule is CC(C)C[C@H](NC(=O)N1CCCCCC1)C(=O)NCCN(Cc1ccccc1)c1ccc(OCc2ccccc2)cc1. The van der Waals surface area contributed by atoms with E-state index in [4.69, 9.17) is 4.74 Å². The lowest BCUT2D eigenvalue weighted by Gasteiger charge is -2.28. The highest BCUT2D eigenvalue weighted by molar-refractivity contribution is 5.87. The maximum Gasteiger partial charge on any atom is 0.318 e. The minimum atomic E-state index is -0.552. The first kappa shape index (κ1) is 30.9. The lowest BCUT2D eigenvalue weighted by Crippen LogP contribution is -2.52. The van der Waals surface area contributed by atoms with Gasteiger partial charge in [0.25, 0.3) is 0 Å². The van der Waals surface area contributed by atoms with Gasteiger partial charge in [0, 0.05) is 38.4 Å². The number of benzene rings is 3. The van der Waals surface area contributed by atoms with E-state index in [1.807, 2.05) is 53.4 Å². The molecule has 3 amide bonds. The van der Waals surface area contributed by atoms with E-state index in [2.05, 4.69) is 65.8 Å². The van der Waals surface area contributed by atoms with E-state index in [0.29, 0.717) is 32.7 Å². The first-order valence-corrected chi connectivity index (χ1v) is 15.4. The summed E-state index contributed by atoms with van der Waals surface area (Å²) in [4.78, 5) is 30.4. The number of hydrogen-bond donors (Lipinski definition) is 2. The maximum atomic E-state index is 13.3. The van der Waals surface area contributed by atoms with Crippen LogP contribution in [0, 0.1) is 5.92 Å². The van der Waals surface area contributed by atoms with Gasteiger partial charge < -0.3 is 25.2 Å². The standard InChI is InChI=1S/C35H46N4O3/c1-28(2)25-33(37-35(41)38-22-11-3-4-12-23-38)34(40)36-21-24-39(26-29-13-7-5-8-14-29)31-17-19-32(20-18-31)42-27-30-15-9-6-10-16-30/h5-10,13-20,28,33H,3-4,11-12,21-27H2,1-2H3,(H,36,40)(H,37,41)/t33-/m0/s1. The molecular formula is C35H46N4O3. The average molecular weight is 571 g/mol. The first-order chi connectivity index (χ1) is 20.5. The fourth-order valence-electron chi connectivity index (χ4n) is 5.25. The van der Waals surface area contributed by atoms with Crippen molar-refractivity contribution in [2.45, 2.75) is 65.1 Å². The van der Waals surface area contributed by atoms with Gasteiger partial charge in [-0.05, 0) is 60.6 Å². The van der Waals surface area contributed by atoms with E-state index in [1.165, 1.54) is 5.56 Å². The molecule has 1 heterocycles. The lowest BCUT2D eigenvalue weighted by atomic mass is 10.0. The van der Waals surface area contributed by atoms with Gasteiger partial charge in [0.05, 0.1) is 0 Å². The first-order valence-electron chi connectivity index (χ1n) is 15.4. The van der Waals surface area contributed by atoms with Crippen LogP contribution in [0.25, 0.3) is 0 Å². The molecule has 1 aliphatic heterocycles. The fourth-order valence-corrected chi connectivity index (χ4v) is 5.25. The summed E-state index contributed by atoms with van der Waals surface area (Å²) in [6, 6.07) is 27.9. The third-order valence-corrected chi connectivity index (χ3v) is 7.56. The molecule has 0 unspecified atom stereocenters. The molecule has 0 radical (unpaired) electrons. The van der Waals surface area contributed by atoms with E-state index in [1.54, 1.807) is 0 Å². The Labute approximate surface area is 251 Å². The summed E-state index contributed by atoms with van der Waals surface area (Å²) >= 11 is 0. The summed E-state index contributed by atoms with van der Waals surface area (Å²) in [7, 11) is 0. The Balaban J connectivity index is 1.36. The zero-order valence-corrected chi connectivity index (χ0v) is 25.1. The number of likely N-dealkylation sites (tertiary alicyclic amines) is 1. The number of ether oxygens (including phenoxy) is 1. The highest BCUT2D eigenvalue weighted by Crippen LogP contribution is 2.22. The molecule has 1 aliphatic rings. The zero-order valence-electron chi connectivity index (χ0n) is 25.1. The number of anilines is 1. The number of hydrogen-bond acceptors (Lipinski definition) is 4. The van der Waals surface area contributed by atoms with Crippen LogP contribution in [0.5, 0.6) is 5.75 Å². The highest BCUT2D eigenvalue weighted by atomic mass is 16.5. The predicted octanol–water partition coefficient (Wildman–Crippen LogP) is 6.39. The van der Waals surface area contributed by atoms with E-state index < -0.39 is 6.04 Å². The Morgan fingerprint density at radius 3 is 2.07 bits per heavy atom. The van der Waals surface area contributed by atoms with Crippen LogP contribution in [-0.2, 0) is 17.9 Å². The van der Waals surface area contributed by atoms with Gasteiger partial charge in [-0.25, -0.2) is 4.79 Å². The molecule has 7 nitrogen and oxygen atoms in total. The number of nitrogens with one attached hydrogen (secondary N) is 2. The number of urea groups is 1. The number of carbonyl (C=O) groups is 2. The molecule has 0 aliphatic carbocycles. The summed E-state index contributed by atoms with van der Waals surface area (Å²) in [6.45, 7) is 7.98. The Bertz CT molecular complexity index is 1210. The topological polar surface area (TPSA) is 73.9 Å². The summed E-state index contributed by atoms with van der Waals surface area (Å²) in [5, 5.41) is 6.14. The second kappa shape index (κ2) is 16.4. The Morgan fingerprint density at radius 1 is 0.833 bits per heavy atom. The molecule has 224 valence electrons. The van der Waals surface area contributed by atoms with E-state index in [9.17, 15) is 9.59 Å². The Hall–Kier alpha value is -4.00. The van der Waals surface area contributed by atoms with Crippen molar-refractivity contribution >= 4 is 17.6 Å². The molecule has 4 rings (SSSR count). The third-order valence-electron chi connectivity index (χ3n) is 7.56. The molecule has 1 atom stereocenters. The lowest BCUT2D eigenvalue weighted by molar-refractivity contribution is -0.123. The molecular weight excluding hydrogens is 524 g/mol. The fraction of sp³-hybridized carbons (Fsp3) is 0.429. The monoisotopic (exact) mass is 570 g/mol. The van der Waals surface area contributed by atoms with Crippen molar-refractivity contribution in [3.05, 3.63) is 96.1 Å². The summed E-state index contributed by atoms with van der Waals surface area (Å²) in [5.41, 5.74) is 3.37. The van der Waals surface area contributed by atoms with Crippen molar-refractivity contribution in [3.8, 4) is 5.75 Å². The summed E-state index contributed by atoms with van der Waals surface area (Å²) in [6.07, 6.45) is 4.95. The van der Waals surface area contributed by atoms with Crippen molar-refractivity contribution in [1.29, 1.82) is 0 Å². The van der Waals surface area contributed by atoms with Crippen molar-refractivity contribution in [1.82, 2.24) is 15.5 Å². The molecule has 3 aromatic carbocycles. The van der Waals surface area contributed by atoms with Gasteiger partial charge in [0.1, 0.15) is 18.4 Å². The second-order valence-corrected chi connectivity index (χ2v) is 11.5. The number of carbonyl (C=O) groups excluding carboxylic acids is 2. The average Bonchev–Trinajstić information content (AvgIpc) is 3.30. The molecule has 0 spiro atoms. The van der Waals surface area contributed by atoms with Crippen LogP contribution < -0.4 is 20.3 Å². The number of amides is 3. The molecule has 0 saturated carbocycles. The van der Waals surface area contributed by atoms with Crippen LogP contribution >= 0.6 is 0 Å². The zero-order chi connectivity index (χ0) is 29.6. The van der Waals surface area contributed by atoms with Crippen LogP contribution in [0.1, 0.15) is 57.1 Å². The van der Waals surface area contributed by atoms with Crippen molar-refractivity contribution in [2.24, 2.45) is 5.92 Å². The highest BCUT2D eigenvalue weighted by Gasteiger charge is 2.25. The van der Waals surface area contributed by atoms with Gasteiger partial charge >= 0.3 is 6.03 Å². The van der Waals surface area contributed by atoms with Crippen molar-refractivity contribution < 1.29 is 14.3 Å². The largest absolute Gasteiger partial charge is 0.489 e. The molecule has 0 bridgehead atoms. The van der Waals surface area contributed by atoms with E-state index >= 15 is 0 Å². The Morgan fingerprint density at radius 2 is 1.45 bits per heavy atom. The van der Waals surface area contributed by atoms with Gasteiger partial charge in [-0.2, -0.15) is 0 Å². The van der Waals surface area contributed by atoms with Gasteiger partial charge in [-0.1, -0.05) is 87.4 Å². The minimum Gasteiger partial charge on any atom is -0.489 e. The predicted molar refractivity (Wildman–Crippen MR) is 170 cm³/mol. The Kier molecular flexibility index (Phi) is 12.1. The van der Waals surface area contributed by atoms with Crippen LogP contribution in [-0.4, -0.2) is 49.1 Å². The van der Waals surface area contributed by atoms with Crippen LogP contribution in [0.15, 0.2) is 84.9 Å². The quantitative estimate of drug-likeness (QED) is 0.250. The normalized spacial score (nSPS) is 14.1. The maximum absolute atomic E-state index is 13.3. The molecule has 1 saturated heterocycles. The molecule has 1 fully saturated rings. The molecule has 0 aromatic heterocycles. The van der Waals surface area contributed by atoms with Crippen molar-refractivity contribution in [3.63, 3.8) is 0 Å². The van der Waals surface area contributed by atoms with E-state index in [-0.39, 0.29) is 17.9 Å². The van der Waals surface area contributed by atoms with Crippen molar-refractivity contribution in [2.75, 3.05) is 31.1 Å². The summed E-state index contributed by atoms with van der Waals surface area (Å²) < 4.78 is 5.98. The van der Waals surface area contributed by atoms with E-state index in [0.717, 1.165) is 55.8 Å². The summed E-state index contributed by atoms with van der Waals surface area (Å²) in [5.74, 6) is 0.964. The van der Waals surface area contributed by atoms with Gasteiger partial charge in [-0.15, -0.1) is 0 Å². The molecule has 3 aromatic rings. The number of rotatable bonds is 13. The molecule has 2 N–H and O–H groups in total. The molecule has 42 heavy (non-hydrogen) atoms. The van der Waals surface area contributed by atoms with Crippen LogP contribution in [0.2, 0.25) is 0 Å².